The lowest BCUT2D eigenvalue weighted by atomic mass is 9.89. The molecule has 1 heterocycles. The van der Waals surface area contributed by atoms with Crippen LogP contribution in [0.4, 0.5) is 0 Å². The molecule has 0 aromatic carbocycles. The molecule has 2 aliphatic rings. The molecule has 2 fully saturated rings. The summed E-state index contributed by atoms with van der Waals surface area (Å²) in [5, 5.41) is 8.19. The molecular formula is C14H21NS. The smallest absolute Gasteiger partial charge is 0.0216 e. The quantitative estimate of drug-likeness (QED) is 0.841. The van der Waals surface area contributed by atoms with Crippen molar-refractivity contribution in [2.24, 2.45) is 17.8 Å². The monoisotopic (exact) mass is 235 g/mol. The van der Waals surface area contributed by atoms with Gasteiger partial charge >= 0.3 is 0 Å². The summed E-state index contributed by atoms with van der Waals surface area (Å²) in [6, 6.07) is 0. The van der Waals surface area contributed by atoms with Crippen LogP contribution in [0.15, 0.2) is 10.8 Å². The number of nitrogens with one attached hydrogen (secondary N) is 1. The maximum Gasteiger partial charge on any atom is 0.0216 e. The SMILES string of the molecule is Cc1cscc1CNCC1CC2CCC1C2. The average Bonchev–Trinajstić information content (AvgIpc) is 2.96. The molecule has 1 nitrogen and oxygen atoms in total. The molecule has 0 amide bonds. The van der Waals surface area contributed by atoms with Crippen molar-refractivity contribution < 1.29 is 0 Å². The van der Waals surface area contributed by atoms with Crippen LogP contribution < -0.4 is 5.32 Å². The molecule has 1 aromatic heterocycles. The van der Waals surface area contributed by atoms with Gasteiger partial charge in [0.1, 0.15) is 0 Å². The summed E-state index contributed by atoms with van der Waals surface area (Å²) < 4.78 is 0. The van der Waals surface area contributed by atoms with Gasteiger partial charge in [0.25, 0.3) is 0 Å². The van der Waals surface area contributed by atoms with Crippen molar-refractivity contribution in [2.45, 2.75) is 39.2 Å². The van der Waals surface area contributed by atoms with Gasteiger partial charge in [-0.25, -0.2) is 0 Å². The van der Waals surface area contributed by atoms with Crippen LogP contribution in [0.25, 0.3) is 0 Å². The molecule has 0 aliphatic heterocycles. The van der Waals surface area contributed by atoms with Crippen LogP contribution in [-0.2, 0) is 6.54 Å². The summed E-state index contributed by atoms with van der Waals surface area (Å²) in [4.78, 5) is 0. The van der Waals surface area contributed by atoms with Crippen LogP contribution in [-0.4, -0.2) is 6.54 Å². The second kappa shape index (κ2) is 4.50. The molecule has 2 aliphatic carbocycles. The van der Waals surface area contributed by atoms with Gasteiger partial charge in [0.15, 0.2) is 0 Å². The largest absolute Gasteiger partial charge is 0.312 e. The summed E-state index contributed by atoms with van der Waals surface area (Å²) >= 11 is 1.82. The predicted molar refractivity (Wildman–Crippen MR) is 69.7 cm³/mol. The van der Waals surface area contributed by atoms with Gasteiger partial charge in [0.2, 0.25) is 0 Å². The Balaban J connectivity index is 1.46. The van der Waals surface area contributed by atoms with Crippen molar-refractivity contribution in [3.05, 3.63) is 21.9 Å². The summed E-state index contributed by atoms with van der Waals surface area (Å²) in [5.41, 5.74) is 2.94. The highest BCUT2D eigenvalue weighted by atomic mass is 32.1. The van der Waals surface area contributed by atoms with E-state index in [2.05, 4.69) is 23.0 Å². The van der Waals surface area contributed by atoms with E-state index in [1.165, 1.54) is 43.4 Å². The molecule has 1 N–H and O–H groups in total. The van der Waals surface area contributed by atoms with Crippen molar-refractivity contribution in [3.8, 4) is 0 Å². The number of hydrogen-bond acceptors (Lipinski definition) is 2. The van der Waals surface area contributed by atoms with Crippen molar-refractivity contribution >= 4 is 11.3 Å². The molecule has 3 unspecified atom stereocenters. The summed E-state index contributed by atoms with van der Waals surface area (Å²) in [7, 11) is 0. The molecule has 0 saturated heterocycles. The van der Waals surface area contributed by atoms with Gasteiger partial charge in [-0.05, 0) is 72.4 Å². The third-order valence-corrected chi connectivity index (χ3v) is 5.48. The fourth-order valence-corrected chi connectivity index (χ4v) is 4.44. The van der Waals surface area contributed by atoms with E-state index in [1.807, 2.05) is 11.3 Å². The Kier molecular flexibility index (Phi) is 3.03. The minimum Gasteiger partial charge on any atom is -0.312 e. The Morgan fingerprint density at radius 2 is 2.25 bits per heavy atom. The van der Waals surface area contributed by atoms with E-state index in [4.69, 9.17) is 0 Å². The van der Waals surface area contributed by atoms with Crippen LogP contribution in [0.2, 0.25) is 0 Å². The van der Waals surface area contributed by atoms with E-state index < -0.39 is 0 Å². The van der Waals surface area contributed by atoms with E-state index in [1.54, 1.807) is 0 Å². The van der Waals surface area contributed by atoms with Gasteiger partial charge in [-0.1, -0.05) is 6.42 Å². The first-order chi connectivity index (χ1) is 7.83. The summed E-state index contributed by atoms with van der Waals surface area (Å²) in [6.07, 6.45) is 6.06. The predicted octanol–water partition coefficient (Wildman–Crippen LogP) is 3.58. The number of rotatable bonds is 4. The van der Waals surface area contributed by atoms with Crippen molar-refractivity contribution in [2.75, 3.05) is 6.54 Å². The van der Waals surface area contributed by atoms with Gasteiger partial charge in [-0.15, -0.1) is 0 Å². The summed E-state index contributed by atoms with van der Waals surface area (Å²) in [6.45, 7) is 4.53. The molecule has 2 saturated carbocycles. The number of thiophene rings is 1. The lowest BCUT2D eigenvalue weighted by molar-refractivity contribution is 0.318. The van der Waals surface area contributed by atoms with Crippen molar-refractivity contribution in [1.82, 2.24) is 5.32 Å². The molecule has 0 radical (unpaired) electrons. The highest BCUT2D eigenvalue weighted by molar-refractivity contribution is 7.08. The summed E-state index contributed by atoms with van der Waals surface area (Å²) in [5.74, 6) is 3.12. The fourth-order valence-electron chi connectivity index (χ4n) is 3.59. The number of aryl methyl sites for hydroxylation is 1. The number of hydrogen-bond donors (Lipinski definition) is 1. The van der Waals surface area contributed by atoms with Gasteiger partial charge in [0.05, 0.1) is 0 Å². The topological polar surface area (TPSA) is 12.0 Å². The first-order valence-corrected chi connectivity index (χ1v) is 7.49. The zero-order valence-corrected chi connectivity index (χ0v) is 10.9. The molecule has 2 heteroatoms. The fraction of sp³-hybridized carbons (Fsp3) is 0.714. The number of fused-ring (bicyclic) bond motifs is 2. The normalized spacial score (nSPS) is 32.4. The van der Waals surface area contributed by atoms with E-state index in [0.29, 0.717) is 0 Å². The van der Waals surface area contributed by atoms with E-state index >= 15 is 0 Å². The van der Waals surface area contributed by atoms with Crippen LogP contribution in [0.3, 0.4) is 0 Å². The third kappa shape index (κ3) is 2.05. The lowest BCUT2D eigenvalue weighted by Crippen LogP contribution is -2.26. The molecular weight excluding hydrogens is 214 g/mol. The Morgan fingerprint density at radius 3 is 2.88 bits per heavy atom. The highest BCUT2D eigenvalue weighted by Gasteiger charge is 2.38. The van der Waals surface area contributed by atoms with Crippen LogP contribution >= 0.6 is 11.3 Å². The molecule has 88 valence electrons. The second-order valence-electron chi connectivity index (χ2n) is 5.65. The van der Waals surface area contributed by atoms with Gasteiger partial charge in [-0.2, -0.15) is 11.3 Å². The molecule has 16 heavy (non-hydrogen) atoms. The average molecular weight is 235 g/mol. The maximum atomic E-state index is 3.66. The van der Waals surface area contributed by atoms with Crippen LogP contribution in [0.1, 0.15) is 36.8 Å². The molecule has 3 atom stereocenters. The maximum absolute atomic E-state index is 3.66. The minimum atomic E-state index is 0.984. The first kappa shape index (κ1) is 10.8. The zero-order valence-electron chi connectivity index (χ0n) is 10.0. The molecule has 0 spiro atoms. The Bertz CT molecular complexity index is 357. The van der Waals surface area contributed by atoms with Gasteiger partial charge in [0, 0.05) is 6.54 Å². The first-order valence-electron chi connectivity index (χ1n) is 6.55. The van der Waals surface area contributed by atoms with E-state index in [0.717, 1.165) is 24.3 Å². The molecule has 3 rings (SSSR count). The second-order valence-corrected chi connectivity index (χ2v) is 6.39. The molecule has 2 bridgehead atoms. The van der Waals surface area contributed by atoms with Gasteiger partial charge < -0.3 is 5.32 Å². The van der Waals surface area contributed by atoms with E-state index in [-0.39, 0.29) is 0 Å². The standard InChI is InChI=1S/C14H21NS/c1-10-8-16-9-14(10)7-15-6-13-5-11-2-3-12(13)4-11/h8-9,11-13,15H,2-7H2,1H3. The van der Waals surface area contributed by atoms with Crippen molar-refractivity contribution in [1.29, 1.82) is 0 Å². The van der Waals surface area contributed by atoms with Crippen LogP contribution in [0.5, 0.6) is 0 Å². The third-order valence-electron chi connectivity index (χ3n) is 4.57. The van der Waals surface area contributed by atoms with Crippen LogP contribution in [0, 0.1) is 24.7 Å². The Hall–Kier alpha value is -0.340. The zero-order chi connectivity index (χ0) is 11.0. The minimum absolute atomic E-state index is 0.984. The molecule has 1 aromatic rings. The Morgan fingerprint density at radius 1 is 1.31 bits per heavy atom. The van der Waals surface area contributed by atoms with Crippen molar-refractivity contribution in [3.63, 3.8) is 0 Å². The van der Waals surface area contributed by atoms with E-state index in [9.17, 15) is 0 Å². The Labute approximate surface area is 102 Å². The van der Waals surface area contributed by atoms with Gasteiger partial charge in [-0.3, -0.25) is 0 Å². The highest BCUT2D eigenvalue weighted by Crippen LogP contribution is 2.47. The lowest BCUT2D eigenvalue weighted by Gasteiger charge is -2.21.